The van der Waals surface area contributed by atoms with Crippen LogP contribution >= 0.6 is 0 Å². The van der Waals surface area contributed by atoms with E-state index in [0.717, 1.165) is 9.91 Å². The maximum atomic E-state index is 13.2. The van der Waals surface area contributed by atoms with Crippen molar-refractivity contribution in [2.45, 2.75) is 19.0 Å². The van der Waals surface area contributed by atoms with Crippen molar-refractivity contribution < 1.29 is 33.4 Å². The third-order valence-electron chi connectivity index (χ3n) is 5.49. The van der Waals surface area contributed by atoms with Gasteiger partial charge in [-0.3, -0.25) is 19.4 Å². The monoisotopic (exact) mass is 481 g/mol. The number of imide groups is 1. The number of ether oxygens (including phenoxy) is 3. The molecule has 4 rings (SSSR count). The summed E-state index contributed by atoms with van der Waals surface area (Å²) in [4.78, 5) is 52.0. The van der Waals surface area contributed by atoms with Crippen molar-refractivity contribution in [1.82, 2.24) is 5.01 Å². The molecule has 2 atom stereocenters. The van der Waals surface area contributed by atoms with Crippen LogP contribution in [0.5, 0.6) is 11.5 Å². The van der Waals surface area contributed by atoms with Crippen LogP contribution in [0.4, 0.5) is 11.4 Å². The van der Waals surface area contributed by atoms with Crippen LogP contribution in [0.15, 0.2) is 52.8 Å². The number of nitrogens with zero attached hydrogens (tertiary/aromatic N) is 4. The highest BCUT2D eigenvalue weighted by Gasteiger charge is 2.55. The summed E-state index contributed by atoms with van der Waals surface area (Å²) in [6.45, 7) is 1.50. The zero-order valence-corrected chi connectivity index (χ0v) is 19.3. The minimum atomic E-state index is -1.07. The van der Waals surface area contributed by atoms with E-state index >= 15 is 0 Å². The fourth-order valence-corrected chi connectivity index (χ4v) is 3.89. The van der Waals surface area contributed by atoms with Gasteiger partial charge >= 0.3 is 5.97 Å². The summed E-state index contributed by atoms with van der Waals surface area (Å²) in [7, 11) is 2.92. The number of carbonyl (C=O) groups excluding carboxylic acids is 4. The Kier molecular flexibility index (Phi) is 6.62. The van der Waals surface area contributed by atoms with Gasteiger partial charge in [0.15, 0.2) is 23.6 Å². The second-order valence-corrected chi connectivity index (χ2v) is 7.56. The van der Waals surface area contributed by atoms with Crippen molar-refractivity contribution >= 4 is 35.1 Å². The number of hydrogen-bond donors (Lipinski definition) is 1. The highest BCUT2D eigenvalue weighted by Crippen LogP contribution is 2.36. The van der Waals surface area contributed by atoms with Gasteiger partial charge in [0.25, 0.3) is 11.8 Å². The summed E-state index contributed by atoms with van der Waals surface area (Å²) in [5.41, 5.74) is 0.731. The smallest absolute Gasteiger partial charge is 0.340 e. The van der Waals surface area contributed by atoms with Crippen LogP contribution in [0.2, 0.25) is 0 Å². The molecular weight excluding hydrogens is 458 g/mol. The van der Waals surface area contributed by atoms with E-state index in [0.29, 0.717) is 11.5 Å². The molecule has 0 radical (unpaired) electrons. The Morgan fingerprint density at radius 2 is 1.77 bits per heavy atom. The molecule has 2 aliphatic rings. The standard InChI is InChI=1S/C23H23N5O7/c1-4-35-23(32)14-7-5-6-8-15(14)24-18(29)12-27-20-19(25-26-27)21(30)28(22(20)31)13-9-10-16(33-2)17(11-13)34-3/h5-11,19-20H,4,12H2,1-3H3,(H,24,29)/t19-,20+/m1/s1. The average molecular weight is 481 g/mol. The molecule has 1 fully saturated rings. The largest absolute Gasteiger partial charge is 0.493 e. The van der Waals surface area contributed by atoms with E-state index in [9.17, 15) is 19.2 Å². The Hall–Kier alpha value is -4.48. The first kappa shape index (κ1) is 23.7. The molecule has 2 aromatic carbocycles. The summed E-state index contributed by atoms with van der Waals surface area (Å²) in [6.07, 6.45) is 0. The van der Waals surface area contributed by atoms with Crippen LogP contribution < -0.4 is 19.7 Å². The summed E-state index contributed by atoms with van der Waals surface area (Å²) < 4.78 is 15.5. The van der Waals surface area contributed by atoms with Gasteiger partial charge in [0, 0.05) is 6.07 Å². The first-order chi connectivity index (χ1) is 16.9. The molecule has 2 aliphatic heterocycles. The van der Waals surface area contributed by atoms with Crippen molar-refractivity contribution in [3.63, 3.8) is 0 Å². The SMILES string of the molecule is CCOC(=O)c1ccccc1NC(=O)CN1N=N[C@H]2C(=O)N(c3ccc(OC)c(OC)c3)C(=O)[C@H]21. The molecule has 3 amide bonds. The molecule has 12 heteroatoms. The van der Waals surface area contributed by atoms with Gasteiger partial charge in [-0.1, -0.05) is 17.4 Å². The predicted molar refractivity (Wildman–Crippen MR) is 122 cm³/mol. The molecule has 2 aromatic rings. The van der Waals surface area contributed by atoms with Crippen molar-refractivity contribution in [3.8, 4) is 11.5 Å². The zero-order chi connectivity index (χ0) is 25.1. The van der Waals surface area contributed by atoms with Crippen molar-refractivity contribution in [2.24, 2.45) is 10.3 Å². The first-order valence-electron chi connectivity index (χ1n) is 10.7. The number of hydrogen-bond acceptors (Lipinski definition) is 10. The molecule has 0 unspecified atom stereocenters. The van der Waals surface area contributed by atoms with Crippen LogP contribution in [0, 0.1) is 0 Å². The predicted octanol–water partition coefficient (Wildman–Crippen LogP) is 1.81. The number of fused-ring (bicyclic) bond motifs is 1. The van der Waals surface area contributed by atoms with Crippen LogP contribution in [-0.2, 0) is 19.1 Å². The van der Waals surface area contributed by atoms with Crippen LogP contribution in [0.1, 0.15) is 17.3 Å². The van der Waals surface area contributed by atoms with E-state index in [1.807, 2.05) is 0 Å². The minimum absolute atomic E-state index is 0.186. The van der Waals surface area contributed by atoms with Gasteiger partial charge in [-0.25, -0.2) is 9.69 Å². The number of carbonyl (C=O) groups is 4. The fourth-order valence-electron chi connectivity index (χ4n) is 3.89. The number of amides is 3. The summed E-state index contributed by atoms with van der Waals surface area (Å²) in [5.74, 6) is -1.47. The van der Waals surface area contributed by atoms with E-state index in [4.69, 9.17) is 14.2 Å². The van der Waals surface area contributed by atoms with Gasteiger partial charge in [0.1, 0.15) is 6.54 Å². The van der Waals surface area contributed by atoms with E-state index in [-0.39, 0.29) is 30.1 Å². The normalized spacial score (nSPS) is 18.5. The lowest BCUT2D eigenvalue weighted by molar-refractivity contribution is -0.123. The lowest BCUT2D eigenvalue weighted by atomic mass is 10.1. The number of methoxy groups -OCH3 is 2. The van der Waals surface area contributed by atoms with Crippen LogP contribution in [0.25, 0.3) is 0 Å². The lowest BCUT2D eigenvalue weighted by Gasteiger charge is -2.21. The molecular formula is C23H23N5O7. The molecule has 2 heterocycles. The average Bonchev–Trinajstić information content (AvgIpc) is 3.37. The maximum Gasteiger partial charge on any atom is 0.340 e. The molecule has 182 valence electrons. The molecule has 0 bridgehead atoms. The van der Waals surface area contributed by atoms with Crippen molar-refractivity contribution in [3.05, 3.63) is 48.0 Å². The maximum absolute atomic E-state index is 13.2. The lowest BCUT2D eigenvalue weighted by Crippen LogP contribution is -2.43. The Morgan fingerprint density at radius 1 is 1.03 bits per heavy atom. The van der Waals surface area contributed by atoms with E-state index < -0.39 is 35.8 Å². The minimum Gasteiger partial charge on any atom is -0.493 e. The Morgan fingerprint density at radius 3 is 2.49 bits per heavy atom. The number of nitrogens with one attached hydrogen (secondary N) is 1. The van der Waals surface area contributed by atoms with Crippen molar-refractivity contribution in [1.29, 1.82) is 0 Å². The summed E-state index contributed by atoms with van der Waals surface area (Å²) >= 11 is 0. The third-order valence-corrected chi connectivity index (χ3v) is 5.49. The van der Waals surface area contributed by atoms with Gasteiger partial charge in [-0.15, -0.1) is 0 Å². The van der Waals surface area contributed by atoms with Gasteiger partial charge in [0.05, 0.1) is 37.8 Å². The summed E-state index contributed by atoms with van der Waals surface area (Å²) in [5, 5.41) is 11.6. The number of para-hydroxylation sites is 1. The quantitative estimate of drug-likeness (QED) is 0.445. The molecule has 0 aliphatic carbocycles. The van der Waals surface area contributed by atoms with Crippen LogP contribution in [-0.4, -0.2) is 68.2 Å². The number of rotatable bonds is 8. The Labute approximate surface area is 200 Å². The molecule has 12 nitrogen and oxygen atoms in total. The van der Waals surface area contributed by atoms with E-state index in [1.165, 1.54) is 26.4 Å². The first-order valence-corrected chi connectivity index (χ1v) is 10.7. The molecule has 0 saturated carbocycles. The summed E-state index contributed by atoms with van der Waals surface area (Å²) in [6, 6.07) is 8.89. The van der Waals surface area contributed by atoms with Crippen LogP contribution in [0.3, 0.4) is 0 Å². The van der Waals surface area contributed by atoms with E-state index in [2.05, 4.69) is 15.7 Å². The molecule has 1 N–H and O–H groups in total. The zero-order valence-electron chi connectivity index (χ0n) is 19.3. The number of esters is 1. The molecule has 35 heavy (non-hydrogen) atoms. The van der Waals surface area contributed by atoms with Gasteiger partial charge in [-0.05, 0) is 31.2 Å². The number of anilines is 2. The Bertz CT molecular complexity index is 1210. The third kappa shape index (κ3) is 4.37. The second-order valence-electron chi connectivity index (χ2n) is 7.56. The van der Waals surface area contributed by atoms with E-state index in [1.54, 1.807) is 37.3 Å². The van der Waals surface area contributed by atoms with Crippen molar-refractivity contribution in [2.75, 3.05) is 37.6 Å². The molecule has 0 spiro atoms. The second kappa shape index (κ2) is 9.79. The topological polar surface area (TPSA) is 139 Å². The van der Waals surface area contributed by atoms with Gasteiger partial charge in [-0.2, -0.15) is 5.11 Å². The molecule has 0 aromatic heterocycles. The number of benzene rings is 2. The van der Waals surface area contributed by atoms with Gasteiger partial charge < -0.3 is 19.5 Å². The van der Waals surface area contributed by atoms with Gasteiger partial charge in [0.2, 0.25) is 5.91 Å². The molecule has 1 saturated heterocycles. The highest BCUT2D eigenvalue weighted by molar-refractivity contribution is 6.25. The Balaban J connectivity index is 1.50. The fraction of sp³-hybridized carbons (Fsp3) is 0.304. The highest BCUT2D eigenvalue weighted by atomic mass is 16.5.